The molecule has 0 aliphatic rings. The van der Waals surface area contributed by atoms with E-state index < -0.39 is 0 Å². The maximum absolute atomic E-state index is 11.4. The van der Waals surface area contributed by atoms with Gasteiger partial charge in [0.1, 0.15) is 12.4 Å². The normalized spacial score (nSPS) is 10.5. The van der Waals surface area contributed by atoms with Gasteiger partial charge in [-0.1, -0.05) is 11.6 Å². The van der Waals surface area contributed by atoms with Crippen LogP contribution in [0.15, 0.2) is 18.2 Å². The number of ether oxygens (including phenoxy) is 2. The molecular weight excluding hydrogens is 254 g/mol. The van der Waals surface area contributed by atoms with Gasteiger partial charge in [0.05, 0.1) is 0 Å². The molecule has 0 aromatic heterocycles. The minimum absolute atomic E-state index is 0.0874. The van der Waals surface area contributed by atoms with Gasteiger partial charge in [-0.2, -0.15) is 0 Å². The maximum atomic E-state index is 11.4. The van der Waals surface area contributed by atoms with Gasteiger partial charge in [0.15, 0.2) is 6.61 Å². The Hall–Kier alpha value is -1.26. The standard InChI is InChI=1S/C13H18ClNO3/c1-10-8-11(14)4-5-12(10)18-9-13(16)17-7-6-15(2)3/h4-5,8H,6-7,9H2,1-3H3. The van der Waals surface area contributed by atoms with Crippen molar-refractivity contribution < 1.29 is 14.3 Å². The van der Waals surface area contributed by atoms with Gasteiger partial charge in [-0.15, -0.1) is 0 Å². The van der Waals surface area contributed by atoms with Gasteiger partial charge in [0.2, 0.25) is 0 Å². The summed E-state index contributed by atoms with van der Waals surface area (Å²) in [6, 6.07) is 5.25. The monoisotopic (exact) mass is 271 g/mol. The van der Waals surface area contributed by atoms with Crippen LogP contribution in [0.5, 0.6) is 5.75 Å². The first kappa shape index (κ1) is 14.8. The molecule has 5 heteroatoms. The summed E-state index contributed by atoms with van der Waals surface area (Å²) in [7, 11) is 3.84. The molecule has 100 valence electrons. The number of nitrogens with zero attached hydrogens (tertiary/aromatic N) is 1. The van der Waals surface area contributed by atoms with Gasteiger partial charge >= 0.3 is 5.97 Å². The number of benzene rings is 1. The molecular formula is C13H18ClNO3. The Morgan fingerprint density at radius 3 is 2.72 bits per heavy atom. The van der Waals surface area contributed by atoms with Crippen molar-refractivity contribution in [3.05, 3.63) is 28.8 Å². The Morgan fingerprint density at radius 2 is 2.11 bits per heavy atom. The smallest absolute Gasteiger partial charge is 0.344 e. The molecule has 0 atom stereocenters. The molecule has 0 radical (unpaired) electrons. The van der Waals surface area contributed by atoms with Crippen LogP contribution in [0.1, 0.15) is 5.56 Å². The number of aryl methyl sites for hydroxylation is 1. The van der Waals surface area contributed by atoms with E-state index in [9.17, 15) is 4.79 Å². The zero-order chi connectivity index (χ0) is 13.5. The lowest BCUT2D eigenvalue weighted by atomic mass is 10.2. The second-order valence-electron chi connectivity index (χ2n) is 4.22. The Labute approximate surface area is 112 Å². The first-order valence-corrected chi connectivity index (χ1v) is 6.06. The summed E-state index contributed by atoms with van der Waals surface area (Å²) < 4.78 is 10.4. The molecule has 0 saturated carbocycles. The summed E-state index contributed by atoms with van der Waals surface area (Å²) in [5.41, 5.74) is 0.892. The number of hydrogen-bond donors (Lipinski definition) is 0. The van der Waals surface area contributed by atoms with Gasteiger partial charge in [-0.05, 0) is 44.8 Å². The molecule has 0 spiro atoms. The third-order valence-corrected chi connectivity index (χ3v) is 2.52. The molecule has 1 rings (SSSR count). The second kappa shape index (κ2) is 7.24. The average Bonchev–Trinajstić information content (AvgIpc) is 2.27. The summed E-state index contributed by atoms with van der Waals surface area (Å²) in [4.78, 5) is 13.3. The van der Waals surface area contributed by atoms with Crippen LogP contribution < -0.4 is 4.74 Å². The maximum Gasteiger partial charge on any atom is 0.344 e. The van der Waals surface area contributed by atoms with E-state index in [4.69, 9.17) is 21.1 Å². The summed E-state index contributed by atoms with van der Waals surface area (Å²) in [6.07, 6.45) is 0. The third-order valence-electron chi connectivity index (χ3n) is 2.28. The molecule has 18 heavy (non-hydrogen) atoms. The molecule has 0 saturated heterocycles. The zero-order valence-electron chi connectivity index (χ0n) is 10.9. The largest absolute Gasteiger partial charge is 0.482 e. The highest BCUT2D eigenvalue weighted by Gasteiger charge is 2.06. The quantitative estimate of drug-likeness (QED) is 0.743. The van der Waals surface area contributed by atoms with Gasteiger partial charge in [0, 0.05) is 11.6 Å². The number of hydrogen-bond acceptors (Lipinski definition) is 4. The number of carbonyl (C=O) groups is 1. The first-order valence-electron chi connectivity index (χ1n) is 5.68. The van der Waals surface area contributed by atoms with Gasteiger partial charge < -0.3 is 14.4 Å². The van der Waals surface area contributed by atoms with Crippen LogP contribution in [0, 0.1) is 6.92 Å². The molecule has 0 aliphatic heterocycles. The Morgan fingerprint density at radius 1 is 1.39 bits per heavy atom. The zero-order valence-corrected chi connectivity index (χ0v) is 11.7. The van der Waals surface area contributed by atoms with Gasteiger partial charge in [0.25, 0.3) is 0 Å². The first-order chi connectivity index (χ1) is 8.49. The van der Waals surface area contributed by atoms with Gasteiger partial charge in [-0.25, -0.2) is 4.79 Å². The number of carbonyl (C=O) groups excluding carboxylic acids is 1. The van der Waals surface area contributed by atoms with Crippen LogP contribution in [0.2, 0.25) is 5.02 Å². The van der Waals surface area contributed by atoms with Crippen LogP contribution in [0.25, 0.3) is 0 Å². The lowest BCUT2D eigenvalue weighted by Crippen LogP contribution is -2.22. The molecule has 0 heterocycles. The lowest BCUT2D eigenvalue weighted by Gasteiger charge is -2.11. The van der Waals surface area contributed by atoms with E-state index in [1.54, 1.807) is 18.2 Å². The fraction of sp³-hybridized carbons (Fsp3) is 0.462. The van der Waals surface area contributed by atoms with E-state index in [2.05, 4.69) is 0 Å². The number of halogens is 1. The van der Waals surface area contributed by atoms with Crippen molar-refractivity contribution in [2.24, 2.45) is 0 Å². The van der Waals surface area contributed by atoms with Crippen molar-refractivity contribution in [2.45, 2.75) is 6.92 Å². The third kappa shape index (κ3) is 5.38. The van der Waals surface area contributed by atoms with Gasteiger partial charge in [-0.3, -0.25) is 0 Å². The van der Waals surface area contributed by atoms with E-state index in [1.165, 1.54) is 0 Å². The predicted octanol–water partition coefficient (Wildman–Crippen LogP) is 2.13. The molecule has 0 bridgehead atoms. The molecule has 1 aromatic rings. The van der Waals surface area contributed by atoms with E-state index in [0.29, 0.717) is 23.9 Å². The second-order valence-corrected chi connectivity index (χ2v) is 4.66. The minimum atomic E-state index is -0.369. The van der Waals surface area contributed by atoms with Crippen LogP contribution in [0.4, 0.5) is 0 Å². The van der Waals surface area contributed by atoms with Crippen molar-refractivity contribution in [3.8, 4) is 5.75 Å². The summed E-state index contributed by atoms with van der Waals surface area (Å²) in [5.74, 6) is 0.273. The van der Waals surface area contributed by atoms with Crippen LogP contribution in [-0.2, 0) is 9.53 Å². The number of likely N-dealkylation sites (N-methyl/N-ethyl adjacent to an activating group) is 1. The van der Waals surface area contributed by atoms with Crippen LogP contribution in [0.3, 0.4) is 0 Å². The van der Waals surface area contributed by atoms with Crippen molar-refractivity contribution >= 4 is 17.6 Å². The van der Waals surface area contributed by atoms with E-state index in [1.807, 2.05) is 25.9 Å². The molecule has 0 unspecified atom stereocenters. The molecule has 0 N–H and O–H groups in total. The molecule has 0 amide bonds. The molecule has 0 aliphatic carbocycles. The van der Waals surface area contributed by atoms with E-state index >= 15 is 0 Å². The SMILES string of the molecule is Cc1cc(Cl)ccc1OCC(=O)OCCN(C)C. The fourth-order valence-corrected chi connectivity index (χ4v) is 1.52. The fourth-order valence-electron chi connectivity index (χ4n) is 1.30. The van der Waals surface area contributed by atoms with Crippen LogP contribution in [-0.4, -0.2) is 44.7 Å². The van der Waals surface area contributed by atoms with E-state index in [0.717, 1.165) is 5.56 Å². The van der Waals surface area contributed by atoms with Crippen molar-refractivity contribution in [3.63, 3.8) is 0 Å². The highest BCUT2D eigenvalue weighted by Crippen LogP contribution is 2.21. The summed E-state index contributed by atoms with van der Waals surface area (Å²) in [5, 5.41) is 0.647. The van der Waals surface area contributed by atoms with Crippen molar-refractivity contribution in [1.82, 2.24) is 4.90 Å². The van der Waals surface area contributed by atoms with Crippen LogP contribution >= 0.6 is 11.6 Å². The van der Waals surface area contributed by atoms with Crippen molar-refractivity contribution in [2.75, 3.05) is 33.9 Å². The summed E-state index contributed by atoms with van der Waals surface area (Å²) in [6.45, 7) is 2.86. The number of rotatable bonds is 6. The Balaban J connectivity index is 2.33. The van der Waals surface area contributed by atoms with E-state index in [-0.39, 0.29) is 12.6 Å². The summed E-state index contributed by atoms with van der Waals surface area (Å²) >= 11 is 5.83. The average molecular weight is 272 g/mol. The Kier molecular flexibility index (Phi) is 5.95. The number of esters is 1. The highest BCUT2D eigenvalue weighted by atomic mass is 35.5. The molecule has 4 nitrogen and oxygen atoms in total. The predicted molar refractivity (Wildman–Crippen MR) is 71.2 cm³/mol. The topological polar surface area (TPSA) is 38.8 Å². The highest BCUT2D eigenvalue weighted by molar-refractivity contribution is 6.30. The minimum Gasteiger partial charge on any atom is -0.482 e. The Bertz CT molecular complexity index is 407. The molecule has 1 aromatic carbocycles. The lowest BCUT2D eigenvalue weighted by molar-refractivity contribution is -0.146. The molecule has 0 fully saturated rings. The van der Waals surface area contributed by atoms with Crippen molar-refractivity contribution in [1.29, 1.82) is 0 Å².